The molecule has 0 aliphatic heterocycles. The number of ether oxygens (including phenoxy) is 1. The summed E-state index contributed by atoms with van der Waals surface area (Å²) < 4.78 is 15.5. The first-order chi connectivity index (χ1) is 14.5. The van der Waals surface area contributed by atoms with E-state index in [9.17, 15) is 9.59 Å². The van der Waals surface area contributed by atoms with Crippen LogP contribution < -0.4 is 16.1 Å². The third-order valence-electron chi connectivity index (χ3n) is 5.36. The number of hydrogen-bond acceptors (Lipinski definition) is 7. The number of aryl methyl sites for hydroxylation is 2. The van der Waals surface area contributed by atoms with E-state index in [1.165, 1.54) is 27.5 Å². The Morgan fingerprint density at radius 1 is 1.13 bits per heavy atom. The predicted molar refractivity (Wildman–Crippen MR) is 107 cm³/mol. The van der Waals surface area contributed by atoms with E-state index >= 15 is 0 Å². The molecule has 0 amide bonds. The van der Waals surface area contributed by atoms with Crippen molar-refractivity contribution in [3.63, 3.8) is 0 Å². The number of aromatic nitrogens is 6. The van der Waals surface area contributed by atoms with E-state index in [1.54, 1.807) is 11.6 Å². The van der Waals surface area contributed by atoms with Crippen molar-refractivity contribution in [3.05, 3.63) is 69.3 Å². The van der Waals surface area contributed by atoms with Crippen LogP contribution in [0.2, 0.25) is 0 Å². The van der Waals surface area contributed by atoms with Gasteiger partial charge in [0.25, 0.3) is 5.56 Å². The van der Waals surface area contributed by atoms with Gasteiger partial charge in [0.1, 0.15) is 24.7 Å². The first-order valence-electron chi connectivity index (χ1n) is 9.66. The smallest absolute Gasteiger partial charge is 0.437 e. The zero-order valence-corrected chi connectivity index (χ0v) is 16.6. The van der Waals surface area contributed by atoms with Crippen LogP contribution in [0.4, 0.5) is 0 Å². The van der Waals surface area contributed by atoms with Crippen LogP contribution in [0.1, 0.15) is 30.3 Å². The van der Waals surface area contributed by atoms with Gasteiger partial charge < -0.3 is 13.7 Å². The number of imidazole rings is 1. The molecule has 0 saturated heterocycles. The van der Waals surface area contributed by atoms with E-state index in [0.717, 1.165) is 5.75 Å². The molecule has 1 aromatic carbocycles. The summed E-state index contributed by atoms with van der Waals surface area (Å²) in [6.07, 6.45) is 4.28. The fraction of sp³-hybridized carbons (Fsp3) is 0.350. The molecule has 0 N–H and O–H groups in total. The van der Waals surface area contributed by atoms with Crippen LogP contribution in [0, 0.1) is 6.92 Å². The maximum absolute atomic E-state index is 12.6. The Morgan fingerprint density at radius 3 is 2.63 bits per heavy atom. The Labute approximate surface area is 170 Å². The molecule has 30 heavy (non-hydrogen) atoms. The minimum absolute atomic E-state index is 0.0191. The molecule has 3 heterocycles. The highest BCUT2D eigenvalue weighted by Crippen LogP contribution is 2.34. The summed E-state index contributed by atoms with van der Waals surface area (Å²) in [5, 5.41) is 4.28. The molecule has 5 rings (SSSR count). The third kappa shape index (κ3) is 3.19. The zero-order valence-electron chi connectivity index (χ0n) is 16.6. The lowest BCUT2D eigenvalue weighted by atomic mass is 9.89. The maximum Gasteiger partial charge on any atom is 0.437 e. The zero-order chi connectivity index (χ0) is 20.8. The summed E-state index contributed by atoms with van der Waals surface area (Å²) in [4.78, 5) is 33.1. The van der Waals surface area contributed by atoms with Gasteiger partial charge in [0.15, 0.2) is 11.2 Å². The lowest BCUT2D eigenvalue weighted by molar-refractivity contribution is 0.0616. The average molecular weight is 408 g/mol. The van der Waals surface area contributed by atoms with Gasteiger partial charge in [0.05, 0.1) is 12.4 Å². The van der Waals surface area contributed by atoms with E-state index in [-0.39, 0.29) is 30.1 Å². The fourth-order valence-corrected chi connectivity index (χ4v) is 3.60. The molecule has 1 fully saturated rings. The minimum atomic E-state index is -0.536. The van der Waals surface area contributed by atoms with Gasteiger partial charge in [-0.15, -0.1) is 5.10 Å². The highest BCUT2D eigenvalue weighted by Gasteiger charge is 2.35. The minimum Gasteiger partial charge on any atom is -0.490 e. The van der Waals surface area contributed by atoms with Crippen LogP contribution in [-0.4, -0.2) is 35.0 Å². The van der Waals surface area contributed by atoms with Gasteiger partial charge in [0, 0.05) is 19.9 Å². The molecular weight excluding hydrogens is 388 g/mol. The van der Waals surface area contributed by atoms with Crippen molar-refractivity contribution >= 4 is 11.2 Å². The quantitative estimate of drug-likeness (QED) is 0.491. The highest BCUT2D eigenvalue weighted by atomic mass is 16.5. The van der Waals surface area contributed by atoms with Crippen LogP contribution in [0.15, 0.2) is 50.9 Å². The molecule has 3 aromatic heterocycles. The largest absolute Gasteiger partial charge is 0.490 e. The van der Waals surface area contributed by atoms with Crippen molar-refractivity contribution in [1.29, 1.82) is 0 Å². The van der Waals surface area contributed by atoms with Gasteiger partial charge in [-0.1, -0.05) is 17.7 Å². The first-order valence-corrected chi connectivity index (χ1v) is 9.66. The average Bonchev–Trinajstić information content (AvgIpc) is 3.24. The number of fused-ring (bicyclic) bond motifs is 1. The van der Waals surface area contributed by atoms with Gasteiger partial charge in [-0.25, -0.2) is 14.8 Å². The Morgan fingerprint density at radius 2 is 1.87 bits per heavy atom. The topological polar surface area (TPSA) is 110 Å². The molecule has 0 unspecified atom stereocenters. The standard InChI is InChI=1S/C20H20N6O4/c1-12-3-5-14(6-4-12)29-15-7-13(8-15)26-20(28)30-16(23-26)9-25-11-22-18-17(19(25)27)24(2)10-21-18/h3-6,10-11,13,15H,7-9H2,1-2H3. The molecule has 10 nitrogen and oxygen atoms in total. The van der Waals surface area contributed by atoms with Crippen molar-refractivity contribution in [1.82, 2.24) is 28.9 Å². The first kappa shape index (κ1) is 18.3. The van der Waals surface area contributed by atoms with Crippen LogP contribution in [0.5, 0.6) is 5.75 Å². The molecule has 154 valence electrons. The van der Waals surface area contributed by atoms with Crippen LogP contribution >= 0.6 is 0 Å². The molecular formula is C20H20N6O4. The van der Waals surface area contributed by atoms with Gasteiger partial charge in [0.2, 0.25) is 5.89 Å². The molecule has 0 spiro atoms. The maximum atomic E-state index is 12.6. The summed E-state index contributed by atoms with van der Waals surface area (Å²) in [5.74, 6) is 0.439. The molecule has 1 aliphatic carbocycles. The second kappa shape index (κ2) is 6.97. The van der Waals surface area contributed by atoms with E-state index in [1.807, 2.05) is 31.2 Å². The Balaban J connectivity index is 1.29. The molecule has 10 heteroatoms. The van der Waals surface area contributed by atoms with Crippen LogP contribution in [0.25, 0.3) is 11.2 Å². The summed E-state index contributed by atoms with van der Waals surface area (Å²) in [6.45, 7) is 2.04. The normalized spacial score (nSPS) is 18.5. The Kier molecular flexibility index (Phi) is 4.27. The van der Waals surface area contributed by atoms with Gasteiger partial charge in [-0.3, -0.25) is 9.36 Å². The summed E-state index contributed by atoms with van der Waals surface area (Å²) >= 11 is 0. The fourth-order valence-electron chi connectivity index (χ4n) is 3.60. The monoisotopic (exact) mass is 408 g/mol. The van der Waals surface area contributed by atoms with E-state index < -0.39 is 5.76 Å². The SMILES string of the molecule is Cc1ccc(OC2CC(n3nc(Cn4cnc5ncn(C)c5c4=O)oc3=O)C2)cc1. The molecule has 1 saturated carbocycles. The van der Waals surface area contributed by atoms with Crippen LogP contribution in [-0.2, 0) is 13.6 Å². The lowest BCUT2D eigenvalue weighted by Gasteiger charge is -2.34. The van der Waals surface area contributed by atoms with Gasteiger partial charge in [-0.05, 0) is 19.1 Å². The van der Waals surface area contributed by atoms with Crippen molar-refractivity contribution in [2.24, 2.45) is 7.05 Å². The van der Waals surface area contributed by atoms with Crippen molar-refractivity contribution < 1.29 is 9.15 Å². The van der Waals surface area contributed by atoms with Gasteiger partial charge >= 0.3 is 5.76 Å². The predicted octanol–water partition coefficient (Wildman–Crippen LogP) is 1.42. The molecule has 0 atom stereocenters. The summed E-state index contributed by atoms with van der Waals surface area (Å²) in [6, 6.07) is 7.79. The number of nitrogens with zero attached hydrogens (tertiary/aromatic N) is 6. The number of hydrogen-bond donors (Lipinski definition) is 0. The number of rotatable bonds is 5. The van der Waals surface area contributed by atoms with Crippen LogP contribution in [0.3, 0.4) is 0 Å². The number of benzene rings is 1. The van der Waals surface area contributed by atoms with Crippen molar-refractivity contribution in [3.8, 4) is 5.75 Å². The molecule has 0 bridgehead atoms. The van der Waals surface area contributed by atoms with E-state index in [2.05, 4.69) is 15.1 Å². The summed E-state index contributed by atoms with van der Waals surface area (Å²) in [7, 11) is 1.73. The summed E-state index contributed by atoms with van der Waals surface area (Å²) in [5.41, 5.74) is 1.66. The van der Waals surface area contributed by atoms with E-state index in [0.29, 0.717) is 24.0 Å². The second-order valence-corrected chi connectivity index (χ2v) is 7.59. The Hall–Kier alpha value is -3.69. The van der Waals surface area contributed by atoms with Gasteiger partial charge in [-0.2, -0.15) is 4.68 Å². The Bertz CT molecular complexity index is 1320. The second-order valence-electron chi connectivity index (χ2n) is 7.59. The van der Waals surface area contributed by atoms with E-state index in [4.69, 9.17) is 9.15 Å². The molecule has 1 aliphatic rings. The third-order valence-corrected chi connectivity index (χ3v) is 5.36. The lowest BCUT2D eigenvalue weighted by Crippen LogP contribution is -2.39. The highest BCUT2D eigenvalue weighted by molar-refractivity contribution is 5.68. The molecule has 0 radical (unpaired) electrons. The van der Waals surface area contributed by atoms with Crippen molar-refractivity contribution in [2.75, 3.05) is 0 Å². The molecule has 4 aromatic rings. The van der Waals surface area contributed by atoms with Crippen molar-refractivity contribution in [2.45, 2.75) is 38.5 Å².